The highest BCUT2D eigenvalue weighted by Crippen LogP contribution is 2.61. The Morgan fingerprint density at radius 1 is 1.33 bits per heavy atom. The van der Waals surface area contributed by atoms with Crippen molar-refractivity contribution in [2.45, 2.75) is 32.8 Å². The molecule has 0 amide bonds. The molecule has 3 fully saturated rings. The van der Waals surface area contributed by atoms with Crippen molar-refractivity contribution < 1.29 is 14.6 Å². The lowest BCUT2D eigenvalue weighted by Gasteiger charge is -2.61. The van der Waals surface area contributed by atoms with E-state index in [9.17, 15) is 5.11 Å². The first-order valence-corrected chi connectivity index (χ1v) is 5.82. The maximum Gasteiger partial charge on any atom is 0.146 e. The van der Waals surface area contributed by atoms with E-state index in [0.717, 1.165) is 12.3 Å². The van der Waals surface area contributed by atoms with Gasteiger partial charge in [-0.25, -0.2) is 0 Å². The van der Waals surface area contributed by atoms with E-state index in [-0.39, 0.29) is 6.10 Å². The van der Waals surface area contributed by atoms with Crippen molar-refractivity contribution in [3.05, 3.63) is 0 Å². The Labute approximate surface area is 91.8 Å². The maximum atomic E-state index is 9.98. The summed E-state index contributed by atoms with van der Waals surface area (Å²) in [5, 5.41) is 9.98. The molecular weight excluding hydrogens is 192 g/mol. The summed E-state index contributed by atoms with van der Waals surface area (Å²) in [4.78, 5) is 0. The molecule has 0 heterocycles. The van der Waals surface area contributed by atoms with E-state index < -0.39 is 0 Å². The molecule has 3 saturated carbocycles. The average molecular weight is 214 g/mol. The molecule has 15 heavy (non-hydrogen) atoms. The fourth-order valence-electron chi connectivity index (χ4n) is 3.41. The molecule has 3 rings (SSSR count). The number of ether oxygens (including phenoxy) is 2. The molecule has 3 heteroatoms. The summed E-state index contributed by atoms with van der Waals surface area (Å²) in [7, 11) is 1.63. The highest BCUT2D eigenvalue weighted by atomic mass is 16.7. The molecule has 2 bridgehead atoms. The Bertz CT molecular complexity index is 227. The van der Waals surface area contributed by atoms with Crippen molar-refractivity contribution in [1.29, 1.82) is 0 Å². The van der Waals surface area contributed by atoms with Crippen molar-refractivity contribution in [2.75, 3.05) is 20.5 Å². The molecule has 4 atom stereocenters. The molecule has 0 aromatic heterocycles. The standard InChI is InChI=1S/C12H22O3/c1-12(2)8-4-10(12)9(11(13)5-8)6-15-7-14-3/h8-11,13H,4-7H2,1-3H3. The SMILES string of the molecule is COCOCC1C(O)CC2CC1C2(C)C. The highest BCUT2D eigenvalue weighted by Gasteiger charge is 2.57. The topological polar surface area (TPSA) is 38.7 Å². The summed E-state index contributed by atoms with van der Waals surface area (Å²) in [6.45, 7) is 5.61. The van der Waals surface area contributed by atoms with Gasteiger partial charge in [0.25, 0.3) is 0 Å². The van der Waals surface area contributed by atoms with Crippen LogP contribution in [0.2, 0.25) is 0 Å². The van der Waals surface area contributed by atoms with Crippen molar-refractivity contribution in [1.82, 2.24) is 0 Å². The minimum absolute atomic E-state index is 0.168. The zero-order valence-corrected chi connectivity index (χ0v) is 9.90. The van der Waals surface area contributed by atoms with E-state index in [1.165, 1.54) is 6.42 Å². The first-order chi connectivity index (χ1) is 7.07. The quantitative estimate of drug-likeness (QED) is 0.571. The smallest absolute Gasteiger partial charge is 0.146 e. The number of methoxy groups -OCH3 is 1. The van der Waals surface area contributed by atoms with Crippen LogP contribution in [-0.2, 0) is 9.47 Å². The zero-order valence-electron chi connectivity index (χ0n) is 9.90. The number of hydrogen-bond acceptors (Lipinski definition) is 3. The zero-order chi connectivity index (χ0) is 11.1. The first-order valence-electron chi connectivity index (χ1n) is 5.82. The van der Waals surface area contributed by atoms with Gasteiger partial charge in [-0.2, -0.15) is 0 Å². The minimum Gasteiger partial charge on any atom is -0.393 e. The summed E-state index contributed by atoms with van der Waals surface area (Å²) in [6, 6.07) is 0. The molecule has 0 aromatic rings. The number of hydrogen-bond donors (Lipinski definition) is 1. The van der Waals surface area contributed by atoms with Crippen LogP contribution in [0, 0.1) is 23.2 Å². The van der Waals surface area contributed by atoms with Gasteiger partial charge in [0.2, 0.25) is 0 Å². The summed E-state index contributed by atoms with van der Waals surface area (Å²) < 4.78 is 10.3. The van der Waals surface area contributed by atoms with Gasteiger partial charge in [0.1, 0.15) is 6.79 Å². The van der Waals surface area contributed by atoms with Crippen LogP contribution in [0.4, 0.5) is 0 Å². The Morgan fingerprint density at radius 3 is 2.67 bits per heavy atom. The fourth-order valence-corrected chi connectivity index (χ4v) is 3.41. The second-order valence-corrected chi connectivity index (χ2v) is 5.60. The molecule has 0 saturated heterocycles. The average Bonchev–Trinajstić information content (AvgIpc) is 2.20. The van der Waals surface area contributed by atoms with Gasteiger partial charge >= 0.3 is 0 Å². The van der Waals surface area contributed by atoms with Crippen LogP contribution in [0.5, 0.6) is 0 Å². The van der Waals surface area contributed by atoms with Crippen LogP contribution in [0.3, 0.4) is 0 Å². The molecule has 3 aliphatic carbocycles. The Kier molecular flexibility index (Phi) is 3.06. The van der Waals surface area contributed by atoms with Crippen LogP contribution in [0.15, 0.2) is 0 Å². The monoisotopic (exact) mass is 214 g/mol. The van der Waals surface area contributed by atoms with E-state index in [0.29, 0.717) is 30.7 Å². The Hall–Kier alpha value is -0.120. The van der Waals surface area contributed by atoms with Crippen LogP contribution < -0.4 is 0 Å². The molecule has 0 spiro atoms. The van der Waals surface area contributed by atoms with E-state index in [4.69, 9.17) is 9.47 Å². The molecule has 4 unspecified atom stereocenters. The van der Waals surface area contributed by atoms with Gasteiger partial charge in [0.15, 0.2) is 0 Å². The molecule has 3 aliphatic rings. The van der Waals surface area contributed by atoms with Crippen molar-refractivity contribution >= 4 is 0 Å². The molecule has 3 nitrogen and oxygen atoms in total. The molecule has 88 valence electrons. The number of fused-ring (bicyclic) bond motifs is 2. The molecule has 0 aliphatic heterocycles. The van der Waals surface area contributed by atoms with Crippen molar-refractivity contribution in [3.8, 4) is 0 Å². The van der Waals surface area contributed by atoms with E-state index in [1.807, 2.05) is 0 Å². The van der Waals surface area contributed by atoms with Crippen LogP contribution in [0.1, 0.15) is 26.7 Å². The van der Waals surface area contributed by atoms with E-state index in [1.54, 1.807) is 7.11 Å². The Balaban J connectivity index is 1.91. The van der Waals surface area contributed by atoms with Gasteiger partial charge in [-0.05, 0) is 30.1 Å². The first kappa shape index (κ1) is 11.4. The van der Waals surface area contributed by atoms with Crippen LogP contribution in [0.25, 0.3) is 0 Å². The van der Waals surface area contributed by atoms with Gasteiger partial charge in [0, 0.05) is 13.0 Å². The molecular formula is C12H22O3. The number of aliphatic hydroxyl groups excluding tert-OH is 1. The van der Waals surface area contributed by atoms with Gasteiger partial charge in [0.05, 0.1) is 12.7 Å². The molecule has 1 N–H and O–H groups in total. The lowest BCUT2D eigenvalue weighted by atomic mass is 9.45. The third-order valence-electron chi connectivity index (χ3n) is 4.59. The van der Waals surface area contributed by atoms with Gasteiger partial charge in [-0.15, -0.1) is 0 Å². The summed E-state index contributed by atoms with van der Waals surface area (Å²) in [6.07, 6.45) is 2.05. The predicted octanol–water partition coefficient (Wildman–Crippen LogP) is 1.65. The molecule has 0 aromatic carbocycles. The summed E-state index contributed by atoms with van der Waals surface area (Å²) >= 11 is 0. The maximum absolute atomic E-state index is 9.98. The number of rotatable bonds is 4. The van der Waals surface area contributed by atoms with Crippen LogP contribution >= 0.6 is 0 Å². The van der Waals surface area contributed by atoms with Gasteiger partial charge in [-0.1, -0.05) is 13.8 Å². The summed E-state index contributed by atoms with van der Waals surface area (Å²) in [5.74, 6) is 1.65. The second kappa shape index (κ2) is 4.04. The highest BCUT2D eigenvalue weighted by molar-refractivity contribution is 5.06. The Morgan fingerprint density at radius 2 is 2.07 bits per heavy atom. The lowest BCUT2D eigenvalue weighted by molar-refractivity contribution is -0.185. The predicted molar refractivity (Wildman–Crippen MR) is 57.3 cm³/mol. The van der Waals surface area contributed by atoms with Gasteiger partial charge in [-0.3, -0.25) is 0 Å². The number of aliphatic hydroxyl groups is 1. The van der Waals surface area contributed by atoms with Gasteiger partial charge < -0.3 is 14.6 Å². The van der Waals surface area contributed by atoms with Crippen molar-refractivity contribution in [3.63, 3.8) is 0 Å². The third kappa shape index (κ3) is 1.81. The van der Waals surface area contributed by atoms with E-state index in [2.05, 4.69) is 13.8 Å². The second-order valence-electron chi connectivity index (χ2n) is 5.60. The van der Waals surface area contributed by atoms with E-state index >= 15 is 0 Å². The third-order valence-corrected chi connectivity index (χ3v) is 4.59. The largest absolute Gasteiger partial charge is 0.393 e. The minimum atomic E-state index is -0.168. The fraction of sp³-hybridized carbons (Fsp3) is 1.00. The molecule has 0 radical (unpaired) electrons. The van der Waals surface area contributed by atoms with Crippen LogP contribution in [-0.4, -0.2) is 31.7 Å². The van der Waals surface area contributed by atoms with Crippen molar-refractivity contribution in [2.24, 2.45) is 23.2 Å². The summed E-state index contributed by atoms with van der Waals surface area (Å²) in [5.41, 5.74) is 0.403. The normalized spacial score (nSPS) is 42.4. The lowest BCUT2D eigenvalue weighted by Crippen LogP contribution is -2.58.